The van der Waals surface area contributed by atoms with Gasteiger partial charge in [-0.1, -0.05) is 23.7 Å². The lowest BCUT2D eigenvalue weighted by Crippen LogP contribution is -2.19. The maximum atomic E-state index is 13.5. The second-order valence-corrected chi connectivity index (χ2v) is 7.04. The summed E-state index contributed by atoms with van der Waals surface area (Å²) < 4.78 is 13.5. The van der Waals surface area contributed by atoms with Gasteiger partial charge in [-0.2, -0.15) is 0 Å². The molecule has 3 aromatic carbocycles. The van der Waals surface area contributed by atoms with E-state index in [1.807, 2.05) is 13.0 Å². The third-order valence-corrected chi connectivity index (χ3v) is 4.82. The summed E-state index contributed by atoms with van der Waals surface area (Å²) >= 11 is 6.10. The first-order chi connectivity index (χ1) is 14.5. The molecule has 1 aromatic heterocycles. The van der Waals surface area contributed by atoms with E-state index < -0.39 is 6.03 Å². The van der Waals surface area contributed by atoms with E-state index in [4.69, 9.17) is 11.6 Å². The number of nitrogens with one attached hydrogen (secondary N) is 3. The molecule has 3 N–H and O–H groups in total. The van der Waals surface area contributed by atoms with Crippen LogP contribution in [0.1, 0.15) is 5.56 Å². The molecule has 0 unspecified atom stereocenters. The first-order valence-corrected chi connectivity index (χ1v) is 9.47. The molecule has 0 aliphatic carbocycles. The molecule has 0 aliphatic rings. The highest BCUT2D eigenvalue weighted by atomic mass is 35.5. The Balaban J connectivity index is 1.56. The summed E-state index contributed by atoms with van der Waals surface area (Å²) in [5.74, 6) is 0.147. The molecule has 2 amide bonds. The zero-order valence-electron chi connectivity index (χ0n) is 15.9. The van der Waals surface area contributed by atoms with Crippen LogP contribution in [0.4, 0.5) is 32.1 Å². The summed E-state index contributed by atoms with van der Waals surface area (Å²) in [4.78, 5) is 20.9. The van der Waals surface area contributed by atoms with Crippen molar-refractivity contribution >= 4 is 51.4 Å². The van der Waals surface area contributed by atoms with Gasteiger partial charge >= 0.3 is 6.03 Å². The van der Waals surface area contributed by atoms with Crippen molar-refractivity contribution < 1.29 is 9.18 Å². The third-order valence-electron chi connectivity index (χ3n) is 4.41. The molecule has 0 atom stereocenters. The van der Waals surface area contributed by atoms with Gasteiger partial charge in [0.2, 0.25) is 0 Å². The molecular weight excluding hydrogens is 405 g/mol. The summed E-state index contributed by atoms with van der Waals surface area (Å²) in [6, 6.07) is 16.2. The van der Waals surface area contributed by atoms with Crippen molar-refractivity contribution in [2.75, 3.05) is 16.0 Å². The molecule has 0 aliphatic heterocycles. The van der Waals surface area contributed by atoms with Crippen molar-refractivity contribution in [3.63, 3.8) is 0 Å². The molecule has 0 saturated heterocycles. The minimum absolute atomic E-state index is 0.353. The second kappa shape index (κ2) is 8.34. The number of anilines is 4. The standard InChI is InChI=1S/C22H17ClFN5O/c1-13-5-6-17(11-19(13)23)29-22(30)28-16-7-8-20-18(10-16)21(26-12-25-20)27-15-4-2-3-14(24)9-15/h2-12H,1H3,(H,25,26,27)(H2,28,29,30). The molecule has 0 fully saturated rings. The van der Waals surface area contributed by atoms with E-state index >= 15 is 0 Å². The number of hydrogen-bond donors (Lipinski definition) is 3. The molecule has 8 heteroatoms. The van der Waals surface area contributed by atoms with Gasteiger partial charge in [0, 0.05) is 27.5 Å². The Morgan fingerprint density at radius 2 is 1.70 bits per heavy atom. The lowest BCUT2D eigenvalue weighted by atomic mass is 10.2. The number of hydrogen-bond acceptors (Lipinski definition) is 4. The lowest BCUT2D eigenvalue weighted by molar-refractivity contribution is 0.262. The molecular formula is C22H17ClFN5O. The molecule has 0 radical (unpaired) electrons. The first-order valence-electron chi connectivity index (χ1n) is 9.09. The smallest absolute Gasteiger partial charge is 0.323 e. The molecule has 4 rings (SSSR count). The molecule has 150 valence electrons. The second-order valence-electron chi connectivity index (χ2n) is 6.63. The minimum Gasteiger partial charge on any atom is -0.340 e. The Morgan fingerprint density at radius 1 is 0.933 bits per heavy atom. The number of halogens is 2. The number of rotatable bonds is 4. The van der Waals surface area contributed by atoms with Crippen LogP contribution in [0.15, 0.2) is 67.0 Å². The first kappa shape index (κ1) is 19.6. The van der Waals surface area contributed by atoms with Gasteiger partial charge in [0.25, 0.3) is 0 Å². The van der Waals surface area contributed by atoms with Crippen molar-refractivity contribution in [1.82, 2.24) is 9.97 Å². The van der Waals surface area contributed by atoms with Crippen molar-refractivity contribution in [3.05, 3.63) is 83.4 Å². The van der Waals surface area contributed by atoms with E-state index in [-0.39, 0.29) is 5.82 Å². The molecule has 0 spiro atoms. The van der Waals surface area contributed by atoms with Gasteiger partial charge in [0.05, 0.1) is 5.52 Å². The van der Waals surface area contributed by atoms with E-state index in [2.05, 4.69) is 25.9 Å². The quantitative estimate of drug-likeness (QED) is 0.371. The molecule has 30 heavy (non-hydrogen) atoms. The van der Waals surface area contributed by atoms with E-state index in [0.717, 1.165) is 5.56 Å². The van der Waals surface area contributed by atoms with E-state index in [1.165, 1.54) is 18.5 Å². The fourth-order valence-corrected chi connectivity index (χ4v) is 3.08. The maximum absolute atomic E-state index is 13.5. The van der Waals surface area contributed by atoms with Gasteiger partial charge in [0.15, 0.2) is 0 Å². The summed E-state index contributed by atoms with van der Waals surface area (Å²) in [5, 5.41) is 9.86. The Labute approximate surface area is 177 Å². The van der Waals surface area contributed by atoms with Gasteiger partial charge in [-0.05, 0) is 61.0 Å². The lowest BCUT2D eigenvalue weighted by Gasteiger charge is -2.11. The number of benzene rings is 3. The number of nitrogens with zero attached hydrogens (tertiary/aromatic N) is 2. The zero-order valence-corrected chi connectivity index (χ0v) is 16.7. The number of fused-ring (bicyclic) bond motifs is 1. The molecule has 6 nitrogen and oxygen atoms in total. The average molecular weight is 422 g/mol. The van der Waals surface area contributed by atoms with Crippen LogP contribution in [0.3, 0.4) is 0 Å². The SMILES string of the molecule is Cc1ccc(NC(=O)Nc2ccc3ncnc(Nc4cccc(F)c4)c3c2)cc1Cl. The number of carbonyl (C=O) groups excluding carboxylic acids is 1. The van der Waals surface area contributed by atoms with Crippen LogP contribution in [0.25, 0.3) is 10.9 Å². The average Bonchev–Trinajstić information content (AvgIpc) is 2.71. The topological polar surface area (TPSA) is 78.9 Å². The number of aromatic nitrogens is 2. The normalized spacial score (nSPS) is 10.6. The maximum Gasteiger partial charge on any atom is 0.323 e. The molecule has 0 bridgehead atoms. The van der Waals surface area contributed by atoms with E-state index in [9.17, 15) is 9.18 Å². The highest BCUT2D eigenvalue weighted by molar-refractivity contribution is 6.31. The third kappa shape index (κ3) is 4.47. The number of aryl methyl sites for hydroxylation is 1. The Hall–Kier alpha value is -3.71. The van der Waals surface area contributed by atoms with Crippen LogP contribution in [0, 0.1) is 12.7 Å². The van der Waals surface area contributed by atoms with Crippen molar-refractivity contribution in [3.8, 4) is 0 Å². The minimum atomic E-state index is -0.411. The van der Waals surface area contributed by atoms with Crippen LogP contribution in [0.5, 0.6) is 0 Å². The predicted octanol–water partition coefficient (Wildman–Crippen LogP) is 6.12. The van der Waals surface area contributed by atoms with Crippen molar-refractivity contribution in [2.45, 2.75) is 6.92 Å². The Morgan fingerprint density at radius 3 is 2.47 bits per heavy atom. The molecule has 4 aromatic rings. The summed E-state index contributed by atoms with van der Waals surface area (Å²) in [6.07, 6.45) is 1.42. The van der Waals surface area contributed by atoms with Crippen molar-refractivity contribution in [2.24, 2.45) is 0 Å². The summed E-state index contributed by atoms with van der Waals surface area (Å²) in [5.41, 5.74) is 3.30. The van der Waals surface area contributed by atoms with Crippen LogP contribution < -0.4 is 16.0 Å². The van der Waals surface area contributed by atoms with Gasteiger partial charge in [-0.25, -0.2) is 19.2 Å². The van der Waals surface area contributed by atoms with Gasteiger partial charge in [-0.3, -0.25) is 0 Å². The van der Waals surface area contributed by atoms with Crippen LogP contribution >= 0.6 is 11.6 Å². The highest BCUT2D eigenvalue weighted by Gasteiger charge is 2.09. The highest BCUT2D eigenvalue weighted by Crippen LogP contribution is 2.26. The number of carbonyl (C=O) groups is 1. The number of urea groups is 1. The Kier molecular flexibility index (Phi) is 5.45. The molecule has 0 saturated carbocycles. The van der Waals surface area contributed by atoms with E-state index in [0.29, 0.717) is 38.8 Å². The number of amides is 2. The zero-order chi connectivity index (χ0) is 21.1. The van der Waals surface area contributed by atoms with Gasteiger partial charge < -0.3 is 16.0 Å². The molecule has 1 heterocycles. The summed E-state index contributed by atoms with van der Waals surface area (Å²) in [7, 11) is 0. The Bertz CT molecular complexity index is 1250. The fourth-order valence-electron chi connectivity index (χ4n) is 2.90. The van der Waals surface area contributed by atoms with Crippen molar-refractivity contribution in [1.29, 1.82) is 0 Å². The predicted molar refractivity (Wildman–Crippen MR) is 118 cm³/mol. The van der Waals surface area contributed by atoms with E-state index in [1.54, 1.807) is 42.5 Å². The monoisotopic (exact) mass is 421 g/mol. The van der Waals surface area contributed by atoms with Crippen LogP contribution in [0.2, 0.25) is 5.02 Å². The summed E-state index contributed by atoms with van der Waals surface area (Å²) in [6.45, 7) is 1.89. The van der Waals surface area contributed by atoms with Crippen LogP contribution in [-0.4, -0.2) is 16.0 Å². The van der Waals surface area contributed by atoms with Gasteiger partial charge in [0.1, 0.15) is 18.0 Å². The fraction of sp³-hybridized carbons (Fsp3) is 0.0455. The van der Waals surface area contributed by atoms with Crippen LogP contribution in [-0.2, 0) is 0 Å². The van der Waals surface area contributed by atoms with Gasteiger partial charge in [-0.15, -0.1) is 0 Å². The largest absolute Gasteiger partial charge is 0.340 e.